The highest BCUT2D eigenvalue weighted by Crippen LogP contribution is 2.41. The number of azo groups is 3. The van der Waals surface area contributed by atoms with Crippen molar-refractivity contribution in [2.75, 3.05) is 11.5 Å². The monoisotopic (exact) mass is 662 g/mol. The quantitative estimate of drug-likeness (QED) is 0.0815. The fourth-order valence-corrected chi connectivity index (χ4v) is 4.90. The molecule has 14 nitrogen and oxygen atoms in total. The Bertz CT molecular complexity index is 2220. The molecule has 15 heteroatoms. The van der Waals surface area contributed by atoms with Crippen molar-refractivity contribution in [2.45, 2.75) is 18.7 Å². The van der Waals surface area contributed by atoms with E-state index in [9.17, 15) is 28.0 Å². The number of aromatic carboxylic acids is 1. The van der Waals surface area contributed by atoms with Crippen molar-refractivity contribution in [2.24, 2.45) is 30.7 Å². The zero-order valence-corrected chi connectivity index (χ0v) is 26.2. The Morgan fingerprint density at radius 3 is 1.65 bits per heavy atom. The number of phenols is 1. The summed E-state index contributed by atoms with van der Waals surface area (Å²) in [6, 6.07) is 23.8. The van der Waals surface area contributed by atoms with Gasteiger partial charge in [0, 0.05) is 5.56 Å². The average Bonchev–Trinajstić information content (AvgIpc) is 3.06. The number of hydrogen-bond acceptors (Lipinski definition) is 14. The van der Waals surface area contributed by atoms with Crippen molar-refractivity contribution in [3.05, 3.63) is 108 Å². The van der Waals surface area contributed by atoms with Gasteiger partial charge in [-0.15, -0.1) is 10.2 Å². The van der Waals surface area contributed by atoms with E-state index in [0.29, 0.717) is 33.9 Å². The van der Waals surface area contributed by atoms with Crippen LogP contribution in [-0.4, -0.2) is 24.0 Å². The number of nitrogens with two attached hydrogens (primary N) is 2. The van der Waals surface area contributed by atoms with E-state index in [-0.39, 0.29) is 39.0 Å². The molecule has 5 rings (SSSR count). The maximum absolute atomic E-state index is 11.2. The molecule has 0 heterocycles. The van der Waals surface area contributed by atoms with Crippen LogP contribution in [0.4, 0.5) is 45.5 Å². The van der Waals surface area contributed by atoms with Gasteiger partial charge < -0.3 is 31.0 Å². The van der Waals surface area contributed by atoms with Crippen LogP contribution >= 0.6 is 0 Å². The van der Waals surface area contributed by atoms with Crippen LogP contribution in [0.5, 0.6) is 5.75 Å². The number of carboxylic acids is 1. The van der Waals surface area contributed by atoms with E-state index in [4.69, 9.17) is 11.5 Å². The van der Waals surface area contributed by atoms with Gasteiger partial charge in [0.15, 0.2) is 0 Å². The molecule has 0 saturated heterocycles. The number of nitrogens with zero attached hydrogens (tertiary/aromatic N) is 6. The molecule has 0 aliphatic heterocycles. The van der Waals surface area contributed by atoms with Crippen LogP contribution in [0.1, 0.15) is 21.5 Å². The molecule has 0 saturated carbocycles. The lowest BCUT2D eigenvalue weighted by atomic mass is 10.1. The maximum atomic E-state index is 11.2. The number of aromatic hydroxyl groups is 1. The Labute approximate surface area is 274 Å². The number of nitrogen functional groups attached to an aromatic ring is 2. The highest BCUT2D eigenvalue weighted by molar-refractivity contribution is 7.85. The molecule has 0 radical (unpaired) electrons. The standard InChI is InChI=1S/C33H28N8O6S/c1-18-16-28(40-37-24-11-13-26(14-12-24)48(45,46)47)30(35)31(29(18)34)41-38-23-9-5-21(6-10-23)20-3-7-22(8-4-20)36-39-25-15-19(2)32(42)27(17-25)33(43)44/h3-17,42H,34-35H2,1-2H3,(H,43,44)(H,45,46,47)/p-2. The van der Waals surface area contributed by atoms with Crippen LogP contribution in [0.2, 0.25) is 0 Å². The predicted octanol–water partition coefficient (Wildman–Crippen LogP) is 7.35. The molecule has 242 valence electrons. The minimum Gasteiger partial charge on any atom is -0.744 e. The number of rotatable bonds is 9. The molecule has 0 spiro atoms. The van der Waals surface area contributed by atoms with Crippen molar-refractivity contribution in [1.29, 1.82) is 0 Å². The number of anilines is 2. The minimum atomic E-state index is -4.58. The fraction of sp³-hybridized carbons (Fsp3) is 0.0606. The molecule has 0 atom stereocenters. The van der Waals surface area contributed by atoms with E-state index in [1.807, 2.05) is 24.3 Å². The minimum absolute atomic E-state index is 0.137. The summed E-state index contributed by atoms with van der Waals surface area (Å²) in [5.41, 5.74) is 17.5. The molecule has 5 N–H and O–H groups in total. The van der Waals surface area contributed by atoms with E-state index >= 15 is 0 Å². The van der Waals surface area contributed by atoms with Crippen LogP contribution < -0.4 is 16.6 Å². The van der Waals surface area contributed by atoms with Gasteiger partial charge in [0.2, 0.25) is 0 Å². The number of hydrogen-bond donors (Lipinski definition) is 3. The van der Waals surface area contributed by atoms with Crippen LogP contribution in [0.3, 0.4) is 0 Å². The first-order chi connectivity index (χ1) is 22.8. The molecular formula is C33H26N8O6S-2. The van der Waals surface area contributed by atoms with Crippen LogP contribution in [0.25, 0.3) is 11.1 Å². The first kappa shape index (κ1) is 33.1. The first-order valence-electron chi connectivity index (χ1n) is 14.1. The topological polar surface area (TPSA) is 244 Å². The number of benzene rings is 5. The Morgan fingerprint density at radius 1 is 0.646 bits per heavy atom. The highest BCUT2D eigenvalue weighted by Gasteiger charge is 2.13. The van der Waals surface area contributed by atoms with Gasteiger partial charge in [0.05, 0.1) is 45.0 Å². The van der Waals surface area contributed by atoms with Gasteiger partial charge in [-0.05, 0) is 103 Å². The number of carboxylic acid groups (broad SMARTS) is 1. The number of aryl methyl sites for hydroxylation is 2. The van der Waals surface area contributed by atoms with Gasteiger partial charge in [-0.2, -0.15) is 20.5 Å². The lowest BCUT2D eigenvalue weighted by Crippen LogP contribution is -2.22. The molecule has 0 aromatic heterocycles. The van der Waals surface area contributed by atoms with Crippen molar-refractivity contribution in [1.82, 2.24) is 0 Å². The summed E-state index contributed by atoms with van der Waals surface area (Å²) in [7, 11) is -4.58. The number of carbonyl (C=O) groups is 1. The Hall–Kier alpha value is -6.32. The lowest BCUT2D eigenvalue weighted by molar-refractivity contribution is -0.255. The second kappa shape index (κ2) is 13.6. The van der Waals surface area contributed by atoms with Crippen LogP contribution in [0.15, 0.2) is 127 Å². The predicted molar refractivity (Wildman–Crippen MR) is 176 cm³/mol. The second-order valence-electron chi connectivity index (χ2n) is 10.5. The van der Waals surface area contributed by atoms with Gasteiger partial charge in [-0.25, -0.2) is 8.42 Å². The van der Waals surface area contributed by atoms with Gasteiger partial charge in [0.1, 0.15) is 27.2 Å². The molecule has 0 aliphatic rings. The Kier molecular flexibility index (Phi) is 9.35. The molecule has 0 amide bonds. The normalized spacial score (nSPS) is 12.0. The first-order valence-corrected chi connectivity index (χ1v) is 15.5. The molecular weight excluding hydrogens is 636 g/mol. The molecule has 5 aromatic carbocycles. The van der Waals surface area contributed by atoms with E-state index in [0.717, 1.165) is 23.3 Å². The van der Waals surface area contributed by atoms with Crippen molar-refractivity contribution in [3.63, 3.8) is 0 Å². The summed E-state index contributed by atoms with van der Waals surface area (Å²) >= 11 is 0. The third kappa shape index (κ3) is 7.55. The van der Waals surface area contributed by atoms with E-state index in [1.165, 1.54) is 24.3 Å². The SMILES string of the molecule is Cc1cc(N=Nc2ccc(S(=O)(=O)[O-])cc2)c(N)c(N=Nc2ccc(-c3ccc(N=Nc4cc(C)c(O)c(C(=O)[O-])c4)cc3)cc2)c1N. The molecule has 0 aliphatic carbocycles. The van der Waals surface area contributed by atoms with Crippen molar-refractivity contribution in [3.8, 4) is 16.9 Å². The maximum Gasteiger partial charge on any atom is 0.134 e. The highest BCUT2D eigenvalue weighted by atomic mass is 32.2. The molecule has 48 heavy (non-hydrogen) atoms. The van der Waals surface area contributed by atoms with Crippen LogP contribution in [-0.2, 0) is 10.1 Å². The largest absolute Gasteiger partial charge is 0.744 e. The Morgan fingerprint density at radius 2 is 1.12 bits per heavy atom. The summed E-state index contributed by atoms with van der Waals surface area (Å²) in [5.74, 6) is -1.87. The molecule has 0 bridgehead atoms. The summed E-state index contributed by atoms with van der Waals surface area (Å²) in [5, 5.41) is 46.2. The Balaban J connectivity index is 1.29. The average molecular weight is 663 g/mol. The lowest BCUT2D eigenvalue weighted by Gasteiger charge is -2.09. The van der Waals surface area contributed by atoms with Gasteiger partial charge in [0.25, 0.3) is 0 Å². The van der Waals surface area contributed by atoms with Crippen molar-refractivity contribution >= 4 is 61.6 Å². The fourth-order valence-electron chi connectivity index (χ4n) is 4.43. The molecule has 5 aromatic rings. The van der Waals surface area contributed by atoms with E-state index < -0.39 is 16.1 Å². The van der Waals surface area contributed by atoms with E-state index in [1.54, 1.807) is 44.2 Å². The van der Waals surface area contributed by atoms with Crippen LogP contribution in [0, 0.1) is 13.8 Å². The molecule has 0 fully saturated rings. The summed E-state index contributed by atoms with van der Waals surface area (Å²) < 4.78 is 33.4. The van der Waals surface area contributed by atoms with E-state index in [2.05, 4.69) is 30.7 Å². The van der Waals surface area contributed by atoms with Gasteiger partial charge >= 0.3 is 0 Å². The molecule has 0 unspecified atom stereocenters. The third-order valence-electron chi connectivity index (χ3n) is 7.08. The zero-order chi connectivity index (χ0) is 34.6. The zero-order valence-electron chi connectivity index (χ0n) is 25.4. The van der Waals surface area contributed by atoms with Crippen molar-refractivity contribution < 1.29 is 28.0 Å². The second-order valence-corrected chi connectivity index (χ2v) is 11.9. The summed E-state index contributed by atoms with van der Waals surface area (Å²) in [6.07, 6.45) is 0. The summed E-state index contributed by atoms with van der Waals surface area (Å²) in [6.45, 7) is 3.31. The third-order valence-corrected chi connectivity index (χ3v) is 7.93. The number of carbonyl (C=O) groups excluding carboxylic acids is 1. The van der Waals surface area contributed by atoms with Gasteiger partial charge in [-0.3, -0.25) is 0 Å². The van der Waals surface area contributed by atoms with Gasteiger partial charge in [-0.1, -0.05) is 24.3 Å². The smallest absolute Gasteiger partial charge is 0.134 e. The summed E-state index contributed by atoms with van der Waals surface area (Å²) in [4.78, 5) is 10.9.